The minimum Gasteiger partial charge on any atom is -0.392 e. The molecule has 126 valence electrons. The van der Waals surface area contributed by atoms with E-state index in [1.807, 2.05) is 6.92 Å². The minimum atomic E-state index is -0.389. The van der Waals surface area contributed by atoms with Crippen LogP contribution in [0.3, 0.4) is 0 Å². The van der Waals surface area contributed by atoms with Gasteiger partial charge < -0.3 is 20.5 Å². The molecule has 1 aromatic rings. The average molecular weight is 425 g/mol. The molecule has 0 aliphatic heterocycles. The molecule has 1 aromatic carbocycles. The van der Waals surface area contributed by atoms with E-state index in [0.717, 1.165) is 31.7 Å². The van der Waals surface area contributed by atoms with Gasteiger partial charge in [0.1, 0.15) is 5.82 Å². The smallest absolute Gasteiger partial charge is 0.191 e. The van der Waals surface area contributed by atoms with Crippen molar-refractivity contribution < 1.29 is 14.2 Å². The Morgan fingerprint density at radius 3 is 2.77 bits per heavy atom. The second kappa shape index (κ2) is 12.6. The summed E-state index contributed by atoms with van der Waals surface area (Å²) in [6.45, 7) is 4.40. The zero-order valence-corrected chi connectivity index (χ0v) is 15.4. The van der Waals surface area contributed by atoms with E-state index in [4.69, 9.17) is 9.84 Å². The van der Waals surface area contributed by atoms with Gasteiger partial charge in [-0.3, -0.25) is 4.99 Å². The van der Waals surface area contributed by atoms with Crippen LogP contribution in [0.15, 0.2) is 23.2 Å². The van der Waals surface area contributed by atoms with Crippen molar-refractivity contribution in [1.82, 2.24) is 10.6 Å². The Balaban J connectivity index is 0.00000441. The number of aliphatic hydroxyl groups is 1. The fraction of sp³-hybridized carbons (Fsp3) is 0.533. The van der Waals surface area contributed by atoms with Crippen LogP contribution < -0.4 is 10.6 Å². The van der Waals surface area contributed by atoms with E-state index in [2.05, 4.69) is 15.6 Å². The molecule has 0 spiro atoms. The Morgan fingerprint density at radius 1 is 1.36 bits per heavy atom. The van der Waals surface area contributed by atoms with Crippen LogP contribution in [0.25, 0.3) is 0 Å². The number of rotatable bonds is 8. The quantitative estimate of drug-likeness (QED) is 0.258. The van der Waals surface area contributed by atoms with Crippen molar-refractivity contribution in [3.8, 4) is 0 Å². The Bertz CT molecular complexity index is 458. The number of hydrogen-bond acceptors (Lipinski definition) is 3. The zero-order chi connectivity index (χ0) is 15.5. The van der Waals surface area contributed by atoms with Crippen molar-refractivity contribution in [2.75, 3.05) is 26.8 Å². The second-order valence-corrected chi connectivity index (χ2v) is 4.49. The van der Waals surface area contributed by atoms with Crippen LogP contribution in [-0.4, -0.2) is 37.9 Å². The zero-order valence-electron chi connectivity index (χ0n) is 13.1. The lowest BCUT2D eigenvalue weighted by molar-refractivity contribution is 0.145. The molecule has 0 aliphatic carbocycles. The van der Waals surface area contributed by atoms with Gasteiger partial charge in [-0.05, 0) is 31.0 Å². The summed E-state index contributed by atoms with van der Waals surface area (Å²) in [6, 6.07) is 4.69. The Morgan fingerprint density at radius 2 is 2.14 bits per heavy atom. The maximum absolute atomic E-state index is 13.3. The van der Waals surface area contributed by atoms with Crippen LogP contribution in [0.5, 0.6) is 0 Å². The van der Waals surface area contributed by atoms with Gasteiger partial charge in [0.15, 0.2) is 5.96 Å². The van der Waals surface area contributed by atoms with Gasteiger partial charge in [0.25, 0.3) is 0 Å². The molecular formula is C15H25FIN3O2. The van der Waals surface area contributed by atoms with E-state index in [1.54, 1.807) is 19.2 Å². The van der Waals surface area contributed by atoms with Crippen LogP contribution in [0, 0.1) is 5.82 Å². The molecule has 7 heteroatoms. The molecule has 3 N–H and O–H groups in total. The van der Waals surface area contributed by atoms with Crippen molar-refractivity contribution in [1.29, 1.82) is 0 Å². The van der Waals surface area contributed by atoms with Crippen molar-refractivity contribution in [3.05, 3.63) is 35.1 Å². The molecule has 0 heterocycles. The van der Waals surface area contributed by atoms with Crippen LogP contribution >= 0.6 is 24.0 Å². The van der Waals surface area contributed by atoms with E-state index < -0.39 is 0 Å². The predicted molar refractivity (Wildman–Crippen MR) is 97.0 cm³/mol. The van der Waals surface area contributed by atoms with Crippen LogP contribution in [0.4, 0.5) is 4.39 Å². The lowest BCUT2D eigenvalue weighted by Gasteiger charge is -2.12. The molecule has 0 bridgehead atoms. The lowest BCUT2D eigenvalue weighted by atomic mass is 10.1. The average Bonchev–Trinajstić information content (AvgIpc) is 2.51. The molecule has 0 radical (unpaired) electrons. The van der Waals surface area contributed by atoms with Crippen LogP contribution in [-0.2, 0) is 17.9 Å². The minimum absolute atomic E-state index is 0. The highest BCUT2D eigenvalue weighted by atomic mass is 127. The standard InChI is InChI=1S/C15H24FN3O2.HI/c1-3-21-8-4-7-18-15(17-2)19-10-12-5-6-14(16)13(9-12)11-20;/h5-6,9,20H,3-4,7-8,10-11H2,1-2H3,(H2,17,18,19);1H. The van der Waals surface area contributed by atoms with Gasteiger partial charge in [-0.25, -0.2) is 4.39 Å². The van der Waals surface area contributed by atoms with E-state index in [0.29, 0.717) is 18.1 Å². The first-order chi connectivity index (χ1) is 10.2. The van der Waals surface area contributed by atoms with Gasteiger partial charge in [0.2, 0.25) is 0 Å². The number of ether oxygens (including phenoxy) is 1. The van der Waals surface area contributed by atoms with Gasteiger partial charge in [-0.2, -0.15) is 0 Å². The molecule has 0 unspecified atom stereocenters. The topological polar surface area (TPSA) is 65.9 Å². The molecule has 0 saturated heterocycles. The second-order valence-electron chi connectivity index (χ2n) is 4.49. The molecule has 0 atom stereocenters. The molecule has 0 saturated carbocycles. The number of nitrogens with zero attached hydrogens (tertiary/aromatic N) is 1. The fourth-order valence-electron chi connectivity index (χ4n) is 1.79. The number of benzene rings is 1. The maximum atomic E-state index is 13.3. The van der Waals surface area contributed by atoms with Crippen LogP contribution in [0.2, 0.25) is 0 Å². The molecule has 0 amide bonds. The predicted octanol–water partition coefficient (Wildman–Crippen LogP) is 2.03. The monoisotopic (exact) mass is 425 g/mol. The van der Waals surface area contributed by atoms with E-state index >= 15 is 0 Å². The molecular weight excluding hydrogens is 400 g/mol. The van der Waals surface area contributed by atoms with E-state index in [-0.39, 0.29) is 36.4 Å². The summed E-state index contributed by atoms with van der Waals surface area (Å²) >= 11 is 0. The van der Waals surface area contributed by atoms with Crippen LogP contribution in [0.1, 0.15) is 24.5 Å². The largest absolute Gasteiger partial charge is 0.392 e. The Hall–Kier alpha value is -0.930. The van der Waals surface area contributed by atoms with E-state index in [1.165, 1.54) is 6.07 Å². The number of aliphatic hydroxyl groups excluding tert-OH is 1. The SMILES string of the molecule is CCOCCCNC(=NC)NCc1ccc(F)c(CO)c1.I. The molecule has 1 rings (SSSR count). The summed E-state index contributed by atoms with van der Waals surface area (Å²) in [5, 5.41) is 15.4. The summed E-state index contributed by atoms with van der Waals surface area (Å²) in [4.78, 5) is 4.11. The third-order valence-corrected chi connectivity index (χ3v) is 2.93. The molecule has 0 aliphatic rings. The van der Waals surface area contributed by atoms with Crippen molar-refractivity contribution in [3.63, 3.8) is 0 Å². The number of hydrogen-bond donors (Lipinski definition) is 3. The number of aliphatic imine (C=N–C) groups is 1. The molecule has 0 aromatic heterocycles. The normalized spacial score (nSPS) is 11.0. The summed E-state index contributed by atoms with van der Waals surface area (Å²) in [5.74, 6) is 0.293. The van der Waals surface area contributed by atoms with Crippen molar-refractivity contribution in [2.24, 2.45) is 4.99 Å². The molecule has 5 nitrogen and oxygen atoms in total. The summed E-state index contributed by atoms with van der Waals surface area (Å²) < 4.78 is 18.5. The molecule has 0 fully saturated rings. The fourth-order valence-corrected chi connectivity index (χ4v) is 1.79. The van der Waals surface area contributed by atoms with Gasteiger partial charge in [-0.15, -0.1) is 24.0 Å². The van der Waals surface area contributed by atoms with Gasteiger partial charge in [0.05, 0.1) is 6.61 Å². The van der Waals surface area contributed by atoms with Gasteiger partial charge in [-0.1, -0.05) is 6.07 Å². The number of guanidine groups is 1. The van der Waals surface area contributed by atoms with Crippen molar-refractivity contribution >= 4 is 29.9 Å². The van der Waals surface area contributed by atoms with Crippen molar-refractivity contribution in [2.45, 2.75) is 26.5 Å². The maximum Gasteiger partial charge on any atom is 0.191 e. The Kier molecular flexibility index (Phi) is 12.1. The van der Waals surface area contributed by atoms with E-state index in [9.17, 15) is 4.39 Å². The highest BCUT2D eigenvalue weighted by molar-refractivity contribution is 14.0. The first-order valence-corrected chi connectivity index (χ1v) is 7.11. The van der Waals surface area contributed by atoms with Gasteiger partial charge in [0, 0.05) is 38.9 Å². The summed E-state index contributed by atoms with van der Waals surface area (Å²) in [7, 11) is 1.70. The number of nitrogens with one attached hydrogen (secondary N) is 2. The summed E-state index contributed by atoms with van der Waals surface area (Å²) in [5.41, 5.74) is 1.19. The molecule has 22 heavy (non-hydrogen) atoms. The Labute approximate surface area is 148 Å². The number of halogens is 2. The summed E-state index contributed by atoms with van der Waals surface area (Å²) in [6.07, 6.45) is 0.903. The first kappa shape index (κ1) is 21.1. The lowest BCUT2D eigenvalue weighted by Crippen LogP contribution is -2.37. The van der Waals surface area contributed by atoms with Gasteiger partial charge >= 0.3 is 0 Å². The highest BCUT2D eigenvalue weighted by Crippen LogP contribution is 2.10. The third kappa shape index (κ3) is 7.90. The first-order valence-electron chi connectivity index (χ1n) is 7.11. The third-order valence-electron chi connectivity index (χ3n) is 2.93. The highest BCUT2D eigenvalue weighted by Gasteiger charge is 2.03.